The lowest BCUT2D eigenvalue weighted by molar-refractivity contribution is 0.208. The first kappa shape index (κ1) is 11.5. The summed E-state index contributed by atoms with van der Waals surface area (Å²) in [6, 6.07) is 8.04. The van der Waals surface area contributed by atoms with Crippen LogP contribution in [0.1, 0.15) is 30.7 Å². The van der Waals surface area contributed by atoms with E-state index in [1.165, 1.54) is 35.0 Å². The first-order valence-electron chi connectivity index (χ1n) is 6.37. The van der Waals surface area contributed by atoms with Crippen molar-refractivity contribution in [3.05, 3.63) is 28.2 Å². The van der Waals surface area contributed by atoms with Gasteiger partial charge in [-0.25, -0.2) is 0 Å². The van der Waals surface area contributed by atoms with Crippen LogP contribution in [0.2, 0.25) is 0 Å². The average Bonchev–Trinajstić information content (AvgIpc) is 2.66. The maximum absolute atomic E-state index is 3.68. The summed E-state index contributed by atoms with van der Waals surface area (Å²) in [5, 5.41) is 3.68. The summed E-state index contributed by atoms with van der Waals surface area (Å²) in [5.41, 5.74) is 2.86. The van der Waals surface area contributed by atoms with Gasteiger partial charge in [0.2, 0.25) is 0 Å². The summed E-state index contributed by atoms with van der Waals surface area (Å²) < 4.78 is 1.20. The van der Waals surface area contributed by atoms with Crippen LogP contribution in [0.5, 0.6) is 0 Å². The van der Waals surface area contributed by atoms with E-state index in [2.05, 4.69) is 58.4 Å². The molecule has 92 valence electrons. The van der Waals surface area contributed by atoms with Gasteiger partial charge in [-0.3, -0.25) is 0 Å². The summed E-state index contributed by atoms with van der Waals surface area (Å²) >= 11 is 3.59. The quantitative estimate of drug-likeness (QED) is 0.854. The third-order valence-corrected chi connectivity index (χ3v) is 4.80. The van der Waals surface area contributed by atoms with E-state index in [1.54, 1.807) is 0 Å². The van der Waals surface area contributed by atoms with Crippen LogP contribution >= 0.6 is 15.9 Å². The van der Waals surface area contributed by atoms with E-state index in [9.17, 15) is 0 Å². The molecular weight excluding hydrogens is 276 g/mol. The van der Waals surface area contributed by atoms with E-state index in [0.29, 0.717) is 12.0 Å². The molecule has 2 nitrogen and oxygen atoms in total. The van der Waals surface area contributed by atoms with Gasteiger partial charge in [0.05, 0.1) is 0 Å². The van der Waals surface area contributed by atoms with Crippen LogP contribution in [0, 0.1) is 0 Å². The van der Waals surface area contributed by atoms with Gasteiger partial charge in [0, 0.05) is 28.2 Å². The minimum atomic E-state index is 0.662. The van der Waals surface area contributed by atoms with Crippen molar-refractivity contribution in [1.82, 2.24) is 4.90 Å². The molecule has 0 radical (unpaired) electrons. The topological polar surface area (TPSA) is 15.3 Å². The second-order valence-corrected chi connectivity index (χ2v) is 6.44. The maximum atomic E-state index is 3.68. The Kier molecular flexibility index (Phi) is 2.91. The summed E-state index contributed by atoms with van der Waals surface area (Å²) in [5.74, 6) is 0.698. The van der Waals surface area contributed by atoms with Crippen molar-refractivity contribution >= 4 is 21.6 Å². The highest BCUT2D eigenvalue weighted by molar-refractivity contribution is 9.10. The molecule has 0 saturated heterocycles. The molecule has 1 aliphatic carbocycles. The first-order valence-corrected chi connectivity index (χ1v) is 7.17. The zero-order valence-corrected chi connectivity index (χ0v) is 12.0. The zero-order valence-electron chi connectivity index (χ0n) is 10.4. The SMILES string of the molecule is CN(C)[C@@H]1CC[C@@H]2Nc3ccc(Br)cc3[C@@H]2C1. The molecule has 17 heavy (non-hydrogen) atoms. The monoisotopic (exact) mass is 294 g/mol. The second-order valence-electron chi connectivity index (χ2n) is 5.52. The Morgan fingerprint density at radius 2 is 2.12 bits per heavy atom. The fourth-order valence-electron chi connectivity index (χ4n) is 3.31. The Bertz CT molecular complexity index is 430. The number of rotatable bonds is 1. The molecule has 0 amide bonds. The van der Waals surface area contributed by atoms with Gasteiger partial charge in [-0.2, -0.15) is 0 Å². The molecule has 1 saturated carbocycles. The van der Waals surface area contributed by atoms with Gasteiger partial charge < -0.3 is 10.2 Å². The minimum Gasteiger partial charge on any atom is -0.381 e. The van der Waals surface area contributed by atoms with Crippen LogP contribution in [-0.4, -0.2) is 31.1 Å². The zero-order chi connectivity index (χ0) is 12.0. The van der Waals surface area contributed by atoms with Crippen molar-refractivity contribution in [3.63, 3.8) is 0 Å². The van der Waals surface area contributed by atoms with Gasteiger partial charge in [-0.05, 0) is 57.1 Å². The summed E-state index contributed by atoms with van der Waals surface area (Å²) in [6.45, 7) is 0. The van der Waals surface area contributed by atoms with Crippen molar-refractivity contribution in [1.29, 1.82) is 0 Å². The van der Waals surface area contributed by atoms with Gasteiger partial charge in [0.25, 0.3) is 0 Å². The van der Waals surface area contributed by atoms with Crippen molar-refractivity contribution in [2.45, 2.75) is 37.3 Å². The summed E-state index contributed by atoms with van der Waals surface area (Å²) in [4.78, 5) is 2.38. The fourth-order valence-corrected chi connectivity index (χ4v) is 3.68. The molecule has 0 spiro atoms. The predicted octanol–water partition coefficient (Wildman–Crippen LogP) is 3.44. The number of anilines is 1. The molecule has 2 aliphatic rings. The highest BCUT2D eigenvalue weighted by Gasteiger charge is 2.37. The van der Waals surface area contributed by atoms with Crippen molar-refractivity contribution in [3.8, 4) is 0 Å². The molecule has 1 aromatic rings. The molecule has 1 N–H and O–H groups in total. The van der Waals surface area contributed by atoms with E-state index < -0.39 is 0 Å². The standard InChI is InChI=1S/C14H19BrN2/c1-17(2)10-4-6-14-12(8-10)11-7-9(15)3-5-13(11)16-14/h3,5,7,10,12,14,16H,4,6,8H2,1-2H3/t10-,12+,14+/m1/s1. The van der Waals surface area contributed by atoms with Crippen LogP contribution in [-0.2, 0) is 0 Å². The van der Waals surface area contributed by atoms with Gasteiger partial charge in [0.15, 0.2) is 0 Å². The van der Waals surface area contributed by atoms with Crippen molar-refractivity contribution in [2.75, 3.05) is 19.4 Å². The predicted molar refractivity (Wildman–Crippen MR) is 75.6 cm³/mol. The first-order chi connectivity index (χ1) is 8.15. The van der Waals surface area contributed by atoms with E-state index in [0.717, 1.165) is 6.04 Å². The number of halogens is 1. The van der Waals surface area contributed by atoms with Gasteiger partial charge in [-0.1, -0.05) is 15.9 Å². The minimum absolute atomic E-state index is 0.662. The van der Waals surface area contributed by atoms with Crippen LogP contribution in [0.25, 0.3) is 0 Å². The third kappa shape index (κ3) is 2.00. The Morgan fingerprint density at radius 1 is 1.29 bits per heavy atom. The van der Waals surface area contributed by atoms with E-state index in [4.69, 9.17) is 0 Å². The van der Waals surface area contributed by atoms with Crippen LogP contribution in [0.15, 0.2) is 22.7 Å². The lowest BCUT2D eigenvalue weighted by Gasteiger charge is -2.35. The molecular formula is C14H19BrN2. The number of nitrogens with zero attached hydrogens (tertiary/aromatic N) is 1. The molecule has 3 rings (SSSR count). The molecule has 3 heteroatoms. The molecule has 0 bridgehead atoms. The molecule has 1 aliphatic heterocycles. The second kappa shape index (κ2) is 4.29. The largest absolute Gasteiger partial charge is 0.381 e. The molecule has 0 unspecified atom stereocenters. The van der Waals surface area contributed by atoms with Crippen molar-refractivity contribution in [2.24, 2.45) is 0 Å². The van der Waals surface area contributed by atoms with Crippen LogP contribution < -0.4 is 5.32 Å². The molecule has 3 atom stereocenters. The normalized spacial score (nSPS) is 30.9. The Balaban J connectivity index is 1.89. The Hall–Kier alpha value is -0.540. The smallest absolute Gasteiger partial charge is 0.0379 e. The Labute approximate surface area is 112 Å². The third-order valence-electron chi connectivity index (χ3n) is 4.31. The molecule has 1 aromatic carbocycles. The van der Waals surface area contributed by atoms with Gasteiger partial charge in [0.1, 0.15) is 0 Å². The van der Waals surface area contributed by atoms with E-state index >= 15 is 0 Å². The molecule has 1 heterocycles. The van der Waals surface area contributed by atoms with E-state index in [-0.39, 0.29) is 0 Å². The molecule has 0 aromatic heterocycles. The number of benzene rings is 1. The Morgan fingerprint density at radius 3 is 2.88 bits per heavy atom. The maximum Gasteiger partial charge on any atom is 0.0379 e. The van der Waals surface area contributed by atoms with Crippen LogP contribution in [0.3, 0.4) is 0 Å². The van der Waals surface area contributed by atoms with Gasteiger partial charge in [-0.15, -0.1) is 0 Å². The van der Waals surface area contributed by atoms with Crippen LogP contribution in [0.4, 0.5) is 5.69 Å². The summed E-state index contributed by atoms with van der Waals surface area (Å²) in [6.07, 6.45) is 3.89. The number of nitrogens with one attached hydrogen (secondary N) is 1. The summed E-state index contributed by atoms with van der Waals surface area (Å²) in [7, 11) is 4.41. The number of hydrogen-bond donors (Lipinski definition) is 1. The van der Waals surface area contributed by atoms with E-state index in [1.807, 2.05) is 0 Å². The fraction of sp³-hybridized carbons (Fsp3) is 0.571. The average molecular weight is 295 g/mol. The highest BCUT2D eigenvalue weighted by Crippen LogP contribution is 2.45. The number of hydrogen-bond acceptors (Lipinski definition) is 2. The molecule has 1 fully saturated rings. The number of fused-ring (bicyclic) bond motifs is 3. The highest BCUT2D eigenvalue weighted by atomic mass is 79.9. The lowest BCUT2D eigenvalue weighted by atomic mass is 9.79. The lowest BCUT2D eigenvalue weighted by Crippen LogP contribution is -2.38. The van der Waals surface area contributed by atoms with Crippen molar-refractivity contribution < 1.29 is 0 Å². The van der Waals surface area contributed by atoms with Gasteiger partial charge >= 0.3 is 0 Å².